The number of esters is 2. The fraction of sp³-hybridized carbons (Fsp3) is 0.267. The average molecular weight is 517 g/mol. The van der Waals surface area contributed by atoms with Gasteiger partial charge in [0.1, 0.15) is 17.2 Å². The quantitative estimate of drug-likeness (QED) is 0.0687. The second-order valence-corrected chi connectivity index (χ2v) is 8.23. The molecule has 0 aliphatic rings. The molecular weight excluding hydrogens is 484 g/mol. The fourth-order valence-electron chi connectivity index (χ4n) is 3.12. The predicted molar refractivity (Wildman–Crippen MR) is 145 cm³/mol. The molecule has 38 heavy (non-hydrogen) atoms. The molecule has 0 spiro atoms. The minimum absolute atomic E-state index is 0.347. The summed E-state index contributed by atoms with van der Waals surface area (Å²) in [6.45, 7) is 6.98. The van der Waals surface area contributed by atoms with Crippen molar-refractivity contribution in [3.05, 3.63) is 91.0 Å². The van der Waals surface area contributed by atoms with Crippen molar-refractivity contribution in [2.45, 2.75) is 32.6 Å². The lowest BCUT2D eigenvalue weighted by molar-refractivity contribution is -0.137. The molecule has 0 saturated heterocycles. The van der Waals surface area contributed by atoms with E-state index in [1.54, 1.807) is 60.7 Å². The SMILES string of the molecule is C=CC(=O)OCCCCOc1ccc(N=Nc2ccc(OC(=O)c3ccc(OCCCC)cc3)cc2)cc1. The number of azo groups is 1. The van der Waals surface area contributed by atoms with Crippen molar-refractivity contribution >= 4 is 23.3 Å². The van der Waals surface area contributed by atoms with Crippen LogP contribution in [0.4, 0.5) is 11.4 Å². The first-order valence-electron chi connectivity index (χ1n) is 12.6. The summed E-state index contributed by atoms with van der Waals surface area (Å²) >= 11 is 0. The van der Waals surface area contributed by atoms with Crippen LogP contribution in [-0.4, -0.2) is 31.8 Å². The van der Waals surface area contributed by atoms with E-state index in [0.29, 0.717) is 48.9 Å². The van der Waals surface area contributed by atoms with Crippen LogP contribution in [0.25, 0.3) is 0 Å². The van der Waals surface area contributed by atoms with Gasteiger partial charge in [-0.1, -0.05) is 19.9 Å². The average Bonchev–Trinajstić information content (AvgIpc) is 2.95. The molecule has 0 N–H and O–H groups in total. The minimum atomic E-state index is -0.446. The summed E-state index contributed by atoms with van der Waals surface area (Å²) in [4.78, 5) is 23.4. The van der Waals surface area contributed by atoms with Crippen LogP contribution in [-0.2, 0) is 9.53 Å². The Morgan fingerprint density at radius 2 is 1.21 bits per heavy atom. The number of carbonyl (C=O) groups excluding carboxylic acids is 2. The molecule has 8 nitrogen and oxygen atoms in total. The number of hydrogen-bond donors (Lipinski definition) is 0. The summed E-state index contributed by atoms with van der Waals surface area (Å²) in [6.07, 6.45) is 4.67. The lowest BCUT2D eigenvalue weighted by atomic mass is 10.2. The van der Waals surface area contributed by atoms with E-state index < -0.39 is 11.9 Å². The molecule has 0 aliphatic heterocycles. The predicted octanol–water partition coefficient (Wildman–Crippen LogP) is 7.39. The van der Waals surface area contributed by atoms with E-state index in [0.717, 1.165) is 36.8 Å². The third kappa shape index (κ3) is 9.89. The summed E-state index contributed by atoms with van der Waals surface area (Å²) in [6, 6.07) is 20.9. The Morgan fingerprint density at radius 1 is 0.711 bits per heavy atom. The van der Waals surface area contributed by atoms with Crippen LogP contribution in [0, 0.1) is 0 Å². The van der Waals surface area contributed by atoms with Crippen LogP contribution in [0.15, 0.2) is 95.7 Å². The highest BCUT2D eigenvalue weighted by atomic mass is 16.5. The summed E-state index contributed by atoms with van der Waals surface area (Å²) in [5.74, 6) is 1.00. The molecule has 0 heterocycles. The van der Waals surface area contributed by atoms with E-state index in [9.17, 15) is 9.59 Å². The number of unbranched alkanes of at least 4 members (excludes halogenated alkanes) is 2. The van der Waals surface area contributed by atoms with Crippen LogP contribution in [0.1, 0.15) is 43.0 Å². The molecule has 0 radical (unpaired) electrons. The van der Waals surface area contributed by atoms with E-state index >= 15 is 0 Å². The molecule has 0 bridgehead atoms. The van der Waals surface area contributed by atoms with Crippen LogP contribution < -0.4 is 14.2 Å². The van der Waals surface area contributed by atoms with Gasteiger partial charge in [0.2, 0.25) is 0 Å². The maximum atomic E-state index is 12.4. The Labute approximate surface area is 222 Å². The second-order valence-electron chi connectivity index (χ2n) is 8.23. The highest BCUT2D eigenvalue weighted by Gasteiger charge is 2.09. The largest absolute Gasteiger partial charge is 0.494 e. The van der Waals surface area contributed by atoms with Gasteiger partial charge in [0.15, 0.2) is 0 Å². The van der Waals surface area contributed by atoms with Gasteiger partial charge in [0.05, 0.1) is 36.8 Å². The first kappa shape index (κ1) is 28.1. The van der Waals surface area contributed by atoms with Gasteiger partial charge in [-0.15, -0.1) is 0 Å². The molecule has 0 amide bonds. The Hall–Kier alpha value is -4.46. The minimum Gasteiger partial charge on any atom is -0.494 e. The number of rotatable bonds is 15. The van der Waals surface area contributed by atoms with Gasteiger partial charge in [-0.05, 0) is 92.1 Å². The van der Waals surface area contributed by atoms with E-state index in [4.69, 9.17) is 18.9 Å². The Balaban J connectivity index is 1.41. The Morgan fingerprint density at radius 3 is 1.76 bits per heavy atom. The van der Waals surface area contributed by atoms with E-state index in [1.165, 1.54) is 0 Å². The van der Waals surface area contributed by atoms with Crippen LogP contribution in [0.5, 0.6) is 17.2 Å². The molecule has 0 unspecified atom stereocenters. The van der Waals surface area contributed by atoms with Crippen molar-refractivity contribution in [3.63, 3.8) is 0 Å². The highest BCUT2D eigenvalue weighted by molar-refractivity contribution is 5.91. The fourth-order valence-corrected chi connectivity index (χ4v) is 3.12. The summed E-state index contributed by atoms with van der Waals surface area (Å²) < 4.78 is 21.7. The zero-order valence-corrected chi connectivity index (χ0v) is 21.5. The molecule has 3 aromatic rings. The lowest BCUT2D eigenvalue weighted by Gasteiger charge is -2.07. The Kier molecular flexibility index (Phi) is 11.5. The van der Waals surface area contributed by atoms with Gasteiger partial charge < -0.3 is 18.9 Å². The van der Waals surface area contributed by atoms with Crippen LogP contribution in [0.3, 0.4) is 0 Å². The van der Waals surface area contributed by atoms with E-state index in [2.05, 4.69) is 23.7 Å². The Bertz CT molecular complexity index is 1190. The third-order valence-electron chi connectivity index (χ3n) is 5.24. The molecule has 0 fully saturated rings. The van der Waals surface area contributed by atoms with Crippen molar-refractivity contribution in [2.24, 2.45) is 10.2 Å². The zero-order valence-electron chi connectivity index (χ0n) is 21.5. The van der Waals surface area contributed by atoms with E-state index in [1.807, 2.05) is 12.1 Å². The van der Waals surface area contributed by atoms with Crippen molar-refractivity contribution in [1.29, 1.82) is 0 Å². The number of hydrogen-bond acceptors (Lipinski definition) is 8. The molecule has 0 atom stereocenters. The van der Waals surface area contributed by atoms with Gasteiger partial charge in [-0.3, -0.25) is 0 Å². The maximum absolute atomic E-state index is 12.4. The monoisotopic (exact) mass is 516 g/mol. The first-order valence-corrected chi connectivity index (χ1v) is 12.6. The smallest absolute Gasteiger partial charge is 0.343 e. The van der Waals surface area contributed by atoms with Crippen LogP contribution in [0.2, 0.25) is 0 Å². The molecule has 0 saturated carbocycles. The normalized spacial score (nSPS) is 10.7. The highest BCUT2D eigenvalue weighted by Crippen LogP contribution is 2.24. The van der Waals surface area contributed by atoms with Crippen molar-refractivity contribution in [2.75, 3.05) is 19.8 Å². The van der Waals surface area contributed by atoms with E-state index in [-0.39, 0.29) is 0 Å². The van der Waals surface area contributed by atoms with Crippen molar-refractivity contribution < 1.29 is 28.5 Å². The van der Waals surface area contributed by atoms with Gasteiger partial charge in [-0.25, -0.2) is 9.59 Å². The topological polar surface area (TPSA) is 95.8 Å². The first-order chi connectivity index (χ1) is 18.6. The number of nitrogens with zero attached hydrogens (tertiary/aromatic N) is 2. The molecule has 198 valence electrons. The molecule has 3 rings (SSSR count). The summed E-state index contributed by atoms with van der Waals surface area (Å²) in [5, 5.41) is 8.45. The number of carbonyl (C=O) groups is 2. The van der Waals surface area contributed by atoms with Crippen LogP contribution >= 0.6 is 0 Å². The standard InChI is InChI=1S/C30H32N2O6/c1-3-5-20-35-26-14-8-23(9-15-26)30(34)38-28-18-12-25(13-19-28)32-31-24-10-16-27(17-11-24)36-21-6-7-22-37-29(33)4-2/h4,8-19H,2-3,5-7,20-22H2,1H3. The molecule has 8 heteroatoms. The molecular formula is C30H32N2O6. The number of ether oxygens (including phenoxy) is 4. The summed E-state index contributed by atoms with van der Waals surface area (Å²) in [7, 11) is 0. The third-order valence-corrected chi connectivity index (χ3v) is 5.24. The maximum Gasteiger partial charge on any atom is 0.343 e. The zero-order chi connectivity index (χ0) is 27.0. The van der Waals surface area contributed by atoms with Crippen molar-refractivity contribution in [1.82, 2.24) is 0 Å². The van der Waals surface area contributed by atoms with Gasteiger partial charge in [0, 0.05) is 6.08 Å². The second kappa shape index (κ2) is 15.6. The van der Waals surface area contributed by atoms with Crippen molar-refractivity contribution in [3.8, 4) is 17.2 Å². The molecule has 3 aromatic carbocycles. The number of benzene rings is 3. The van der Waals surface area contributed by atoms with Gasteiger partial charge in [0.25, 0.3) is 0 Å². The molecule has 0 aromatic heterocycles. The molecule has 0 aliphatic carbocycles. The van der Waals surface area contributed by atoms with Gasteiger partial charge in [-0.2, -0.15) is 10.2 Å². The van der Waals surface area contributed by atoms with Gasteiger partial charge >= 0.3 is 11.9 Å². The summed E-state index contributed by atoms with van der Waals surface area (Å²) in [5.41, 5.74) is 1.74. The lowest BCUT2D eigenvalue weighted by Crippen LogP contribution is -2.08.